The molecule has 0 saturated heterocycles. The Kier molecular flexibility index (Phi) is 6.20. The molecule has 4 aromatic rings. The molecule has 0 atom stereocenters. The number of alkyl halides is 3. The van der Waals surface area contributed by atoms with E-state index in [2.05, 4.69) is 10.4 Å². The fraction of sp³-hybridized carbons (Fsp3) is 0.130. The Bertz CT molecular complexity index is 1430. The number of rotatable bonds is 5. The van der Waals surface area contributed by atoms with Crippen molar-refractivity contribution in [1.82, 2.24) is 9.78 Å². The van der Waals surface area contributed by atoms with Crippen LogP contribution in [0.5, 0.6) is 0 Å². The minimum atomic E-state index is -4.53. The molecule has 11 heteroatoms. The molecule has 1 N–H and O–H groups in total. The molecule has 34 heavy (non-hydrogen) atoms. The molecule has 0 saturated carbocycles. The number of benzene rings is 2. The van der Waals surface area contributed by atoms with Gasteiger partial charge in [-0.25, -0.2) is 4.79 Å². The van der Waals surface area contributed by atoms with E-state index >= 15 is 0 Å². The van der Waals surface area contributed by atoms with E-state index < -0.39 is 29.2 Å². The molecule has 2 aromatic carbocycles. The summed E-state index contributed by atoms with van der Waals surface area (Å²) in [5, 5.41) is 8.60. The van der Waals surface area contributed by atoms with E-state index in [1.165, 1.54) is 5.38 Å². The molecule has 0 radical (unpaired) electrons. The number of carbonyl (C=O) groups excluding carboxylic acids is 2. The summed E-state index contributed by atoms with van der Waals surface area (Å²) in [6.07, 6.45) is -4.53. The van der Waals surface area contributed by atoms with E-state index in [1.807, 2.05) is 0 Å². The lowest BCUT2D eigenvalue weighted by molar-refractivity contribution is -0.137. The Morgan fingerprint density at radius 3 is 2.38 bits per heavy atom. The first-order chi connectivity index (χ1) is 16.2. The first-order valence-electron chi connectivity index (χ1n) is 9.96. The van der Waals surface area contributed by atoms with Crippen molar-refractivity contribution in [2.75, 3.05) is 11.9 Å². The van der Waals surface area contributed by atoms with Crippen LogP contribution in [-0.2, 0) is 10.9 Å². The summed E-state index contributed by atoms with van der Waals surface area (Å²) >= 11 is 0.988. The van der Waals surface area contributed by atoms with Gasteiger partial charge in [0, 0.05) is 16.3 Å². The molecule has 174 valence electrons. The molecule has 4 rings (SSSR count). The number of nitrogens with one attached hydrogen (secondary N) is 1. The largest absolute Gasteiger partial charge is 0.461 e. The molecule has 2 heterocycles. The third-order valence-electron chi connectivity index (χ3n) is 4.82. The van der Waals surface area contributed by atoms with Gasteiger partial charge in [0.2, 0.25) is 0 Å². The van der Waals surface area contributed by atoms with Gasteiger partial charge in [0.25, 0.3) is 11.5 Å². The molecule has 2 aromatic heterocycles. The smallest absolute Gasteiger partial charge is 0.416 e. The number of fused-ring (bicyclic) bond motifs is 1. The fourth-order valence-electron chi connectivity index (χ4n) is 3.22. The number of halogens is 3. The zero-order valence-corrected chi connectivity index (χ0v) is 18.4. The number of hydrogen-bond donors (Lipinski definition) is 1. The Morgan fingerprint density at radius 1 is 1.09 bits per heavy atom. The lowest BCUT2D eigenvalue weighted by atomic mass is 10.1. The summed E-state index contributed by atoms with van der Waals surface area (Å²) in [7, 11) is 0. The fourth-order valence-corrected chi connectivity index (χ4v) is 4.15. The highest BCUT2D eigenvalue weighted by Crippen LogP contribution is 2.32. The molecule has 0 aliphatic rings. The van der Waals surface area contributed by atoms with Gasteiger partial charge >= 0.3 is 12.1 Å². The van der Waals surface area contributed by atoms with Gasteiger partial charge in [0.05, 0.1) is 23.2 Å². The van der Waals surface area contributed by atoms with Crippen LogP contribution in [0.15, 0.2) is 64.8 Å². The molecule has 0 bridgehead atoms. The third-order valence-corrected chi connectivity index (χ3v) is 5.72. The van der Waals surface area contributed by atoms with Gasteiger partial charge in [-0.15, -0.1) is 11.3 Å². The van der Waals surface area contributed by atoms with Crippen molar-refractivity contribution in [2.45, 2.75) is 13.1 Å². The maximum absolute atomic E-state index is 13.3. The second-order valence-corrected chi connectivity index (χ2v) is 7.88. The normalized spacial score (nSPS) is 11.4. The molecule has 7 nitrogen and oxygen atoms in total. The summed E-state index contributed by atoms with van der Waals surface area (Å²) in [4.78, 5) is 38.5. The molecular formula is C23H16F3N3O4S. The van der Waals surface area contributed by atoms with Crippen molar-refractivity contribution < 1.29 is 27.5 Å². The topological polar surface area (TPSA) is 90.3 Å². The second-order valence-electron chi connectivity index (χ2n) is 7.00. The highest BCUT2D eigenvalue weighted by atomic mass is 32.1. The number of aromatic nitrogens is 2. The van der Waals surface area contributed by atoms with Crippen LogP contribution in [0.25, 0.3) is 16.5 Å². The number of esters is 1. The Morgan fingerprint density at radius 2 is 1.76 bits per heavy atom. The average Bonchev–Trinajstić information content (AvgIpc) is 3.23. The van der Waals surface area contributed by atoms with Crippen molar-refractivity contribution in [3.8, 4) is 5.69 Å². The summed E-state index contributed by atoms with van der Waals surface area (Å²) in [6.45, 7) is 1.72. The van der Waals surface area contributed by atoms with E-state index in [4.69, 9.17) is 4.74 Å². The number of amides is 1. The Labute approximate surface area is 194 Å². The van der Waals surface area contributed by atoms with Gasteiger partial charge in [0.1, 0.15) is 5.00 Å². The zero-order valence-electron chi connectivity index (χ0n) is 17.6. The van der Waals surface area contributed by atoms with Crippen LogP contribution in [-0.4, -0.2) is 28.3 Å². The predicted octanol–water partition coefficient (Wildman–Crippen LogP) is 4.90. The lowest BCUT2D eigenvalue weighted by Gasteiger charge is -2.10. The highest BCUT2D eigenvalue weighted by molar-refractivity contribution is 7.16. The van der Waals surface area contributed by atoms with Crippen LogP contribution in [0.2, 0.25) is 0 Å². The SMILES string of the molecule is CCOC(=O)c1nn(-c2ccccc2)c(=O)c2c(NC(=O)c3ccc(C(F)(F)F)cc3)scc12. The molecule has 0 spiro atoms. The van der Waals surface area contributed by atoms with Gasteiger partial charge in [-0.05, 0) is 43.3 Å². The minimum absolute atomic E-state index is 0.0300. The first kappa shape index (κ1) is 23.2. The van der Waals surface area contributed by atoms with E-state index in [9.17, 15) is 27.6 Å². The quantitative estimate of drug-likeness (QED) is 0.405. The highest BCUT2D eigenvalue weighted by Gasteiger charge is 2.30. The van der Waals surface area contributed by atoms with Crippen LogP contribution < -0.4 is 10.9 Å². The molecule has 0 unspecified atom stereocenters. The second kappa shape index (κ2) is 9.10. The first-order valence-corrected chi connectivity index (χ1v) is 10.8. The summed E-state index contributed by atoms with van der Waals surface area (Å²) < 4.78 is 44.5. The van der Waals surface area contributed by atoms with Gasteiger partial charge in [-0.3, -0.25) is 9.59 Å². The predicted molar refractivity (Wildman–Crippen MR) is 121 cm³/mol. The van der Waals surface area contributed by atoms with E-state index in [0.717, 1.165) is 40.3 Å². The third kappa shape index (κ3) is 4.42. The Balaban J connectivity index is 1.79. The summed E-state index contributed by atoms with van der Waals surface area (Å²) in [5.74, 6) is -1.45. The zero-order chi connectivity index (χ0) is 24.5. The molecule has 0 aliphatic carbocycles. The van der Waals surface area contributed by atoms with Crippen molar-refractivity contribution in [1.29, 1.82) is 0 Å². The van der Waals surface area contributed by atoms with Crippen LogP contribution in [0.3, 0.4) is 0 Å². The monoisotopic (exact) mass is 487 g/mol. The molecule has 1 amide bonds. The maximum Gasteiger partial charge on any atom is 0.416 e. The van der Waals surface area contributed by atoms with Crippen LogP contribution >= 0.6 is 11.3 Å². The van der Waals surface area contributed by atoms with Crippen molar-refractivity contribution in [3.63, 3.8) is 0 Å². The van der Waals surface area contributed by atoms with E-state index in [-0.39, 0.29) is 33.6 Å². The number of nitrogens with zero attached hydrogens (tertiary/aromatic N) is 2. The van der Waals surface area contributed by atoms with Gasteiger partial charge < -0.3 is 10.1 Å². The number of ether oxygens (including phenoxy) is 1. The Hall–Kier alpha value is -3.99. The van der Waals surface area contributed by atoms with E-state index in [1.54, 1.807) is 37.3 Å². The number of thiophene rings is 1. The van der Waals surface area contributed by atoms with E-state index in [0.29, 0.717) is 5.69 Å². The molecular weight excluding hydrogens is 471 g/mol. The number of hydrogen-bond acceptors (Lipinski definition) is 6. The number of para-hydroxylation sites is 1. The summed E-state index contributed by atoms with van der Waals surface area (Å²) in [6, 6.07) is 12.1. The van der Waals surface area contributed by atoms with Crippen molar-refractivity contribution in [2.24, 2.45) is 0 Å². The molecule has 0 aliphatic heterocycles. The van der Waals surface area contributed by atoms with Crippen LogP contribution in [0.1, 0.15) is 33.3 Å². The standard InChI is InChI=1S/C23H16F3N3O4S/c1-2-33-22(32)18-16-12-34-20(17(16)21(31)29(28-18)15-6-4-3-5-7-15)27-19(30)13-8-10-14(11-9-13)23(24,25)26/h3-12H,2H2,1H3,(H,27,30). The van der Waals surface area contributed by atoms with Gasteiger partial charge in [0.15, 0.2) is 5.69 Å². The summed E-state index contributed by atoms with van der Waals surface area (Å²) in [5.41, 5.74) is -1.21. The van der Waals surface area contributed by atoms with Crippen LogP contribution in [0.4, 0.5) is 18.2 Å². The number of anilines is 1. The minimum Gasteiger partial charge on any atom is -0.461 e. The maximum atomic E-state index is 13.3. The lowest BCUT2D eigenvalue weighted by Crippen LogP contribution is -2.25. The molecule has 0 fully saturated rings. The number of carbonyl (C=O) groups is 2. The van der Waals surface area contributed by atoms with Crippen molar-refractivity contribution in [3.05, 3.63) is 87.2 Å². The van der Waals surface area contributed by atoms with Crippen molar-refractivity contribution >= 4 is 39.0 Å². The van der Waals surface area contributed by atoms with Gasteiger partial charge in [-0.2, -0.15) is 23.0 Å². The average molecular weight is 487 g/mol. The van der Waals surface area contributed by atoms with Crippen LogP contribution in [0, 0.1) is 0 Å². The van der Waals surface area contributed by atoms with Gasteiger partial charge in [-0.1, -0.05) is 18.2 Å².